The number of rotatable bonds is 5. The van der Waals surface area contributed by atoms with Gasteiger partial charge in [-0.2, -0.15) is 9.78 Å². The molecule has 9 nitrogen and oxygen atoms in total. The van der Waals surface area contributed by atoms with Crippen molar-refractivity contribution in [3.63, 3.8) is 0 Å². The molecule has 0 radical (unpaired) electrons. The fourth-order valence-electron chi connectivity index (χ4n) is 4.77. The minimum atomic E-state index is -0.643. The number of hydrogen-bond acceptors (Lipinski definition) is 8. The highest BCUT2D eigenvalue weighted by Gasteiger charge is 2.21. The van der Waals surface area contributed by atoms with Gasteiger partial charge in [0, 0.05) is 28.1 Å². The van der Waals surface area contributed by atoms with Crippen molar-refractivity contribution >= 4 is 39.4 Å². The van der Waals surface area contributed by atoms with Crippen molar-refractivity contribution in [3.8, 4) is 34.0 Å². The number of nitrogens with zero attached hydrogens (tertiary/aromatic N) is 4. The average Bonchev–Trinajstić information content (AvgIpc) is 3.40. The summed E-state index contributed by atoms with van der Waals surface area (Å²) >= 11 is 0. The van der Waals surface area contributed by atoms with Gasteiger partial charge in [-0.25, -0.2) is 14.8 Å². The molecule has 6 aromatic rings. The predicted octanol–water partition coefficient (Wildman–Crippen LogP) is 7.55. The zero-order valence-electron chi connectivity index (χ0n) is 23.6. The van der Waals surface area contributed by atoms with Crippen LogP contribution in [0.3, 0.4) is 0 Å². The van der Waals surface area contributed by atoms with Crippen LogP contribution in [-0.2, 0) is 4.74 Å². The molecule has 210 valence electrons. The van der Waals surface area contributed by atoms with Crippen LogP contribution in [0.5, 0.6) is 11.5 Å². The van der Waals surface area contributed by atoms with E-state index < -0.39 is 11.7 Å². The summed E-state index contributed by atoms with van der Waals surface area (Å²) in [5.74, 6) is 1.29. The first-order valence-electron chi connectivity index (χ1n) is 13.4. The molecule has 9 heteroatoms. The Balaban J connectivity index is 1.45. The molecule has 0 saturated heterocycles. The normalized spacial score (nSPS) is 11.5. The zero-order chi connectivity index (χ0) is 29.4. The van der Waals surface area contributed by atoms with Crippen LogP contribution in [0.4, 0.5) is 16.3 Å². The van der Waals surface area contributed by atoms with Crippen molar-refractivity contribution in [3.05, 3.63) is 91.1 Å². The number of fused-ring (bicyclic) bond motifs is 2. The number of aromatic nitrogens is 4. The minimum absolute atomic E-state index is 0.0248. The lowest BCUT2D eigenvalue weighted by Gasteiger charge is -2.19. The molecular weight excluding hydrogens is 530 g/mol. The molecule has 0 amide bonds. The molecule has 0 aliphatic carbocycles. The maximum absolute atomic E-state index is 12.7. The summed E-state index contributed by atoms with van der Waals surface area (Å²) in [4.78, 5) is 22.5. The Morgan fingerprint density at radius 1 is 0.905 bits per heavy atom. The lowest BCUT2D eigenvalue weighted by molar-refractivity contribution is 0.0522. The summed E-state index contributed by atoms with van der Waals surface area (Å²) in [5.41, 5.74) is 4.17. The first kappa shape index (κ1) is 26.8. The molecule has 0 aliphatic rings. The fourth-order valence-corrected chi connectivity index (χ4v) is 4.77. The van der Waals surface area contributed by atoms with Gasteiger partial charge in [-0.1, -0.05) is 54.6 Å². The van der Waals surface area contributed by atoms with E-state index in [4.69, 9.17) is 19.4 Å². The lowest BCUT2D eigenvalue weighted by atomic mass is 9.99. The van der Waals surface area contributed by atoms with Crippen molar-refractivity contribution in [2.24, 2.45) is 0 Å². The van der Waals surface area contributed by atoms with E-state index in [2.05, 4.69) is 10.4 Å². The van der Waals surface area contributed by atoms with Crippen molar-refractivity contribution in [1.29, 1.82) is 0 Å². The number of aromatic hydroxyl groups is 1. The number of methoxy groups -OCH3 is 1. The zero-order valence-corrected chi connectivity index (χ0v) is 23.6. The minimum Gasteiger partial charge on any atom is -0.504 e. The maximum Gasteiger partial charge on any atom is 0.435 e. The SMILES string of the molecule is COc1cc2nc(-c3ccccc3-c3ccccc3)nc(Nc3ccc4c(cnn4C(=O)OC(C)(C)C)c3)c2cc1O. The van der Waals surface area contributed by atoms with Gasteiger partial charge < -0.3 is 19.9 Å². The van der Waals surface area contributed by atoms with Crippen molar-refractivity contribution in [2.45, 2.75) is 26.4 Å². The van der Waals surface area contributed by atoms with E-state index in [-0.39, 0.29) is 5.75 Å². The fraction of sp³-hybridized carbons (Fsp3) is 0.152. The molecule has 2 aromatic heterocycles. The second kappa shape index (κ2) is 10.5. The predicted molar refractivity (Wildman–Crippen MR) is 163 cm³/mol. The van der Waals surface area contributed by atoms with Gasteiger partial charge in [-0.3, -0.25) is 0 Å². The molecule has 0 unspecified atom stereocenters. The second-order valence-corrected chi connectivity index (χ2v) is 10.8. The van der Waals surface area contributed by atoms with Crippen molar-refractivity contribution in [2.75, 3.05) is 12.4 Å². The molecule has 0 aliphatic heterocycles. The highest BCUT2D eigenvalue weighted by molar-refractivity contribution is 5.97. The monoisotopic (exact) mass is 559 g/mol. The number of nitrogens with one attached hydrogen (secondary N) is 1. The lowest BCUT2D eigenvalue weighted by Crippen LogP contribution is -2.27. The smallest absolute Gasteiger partial charge is 0.435 e. The third kappa shape index (κ3) is 5.19. The Morgan fingerprint density at radius 3 is 2.38 bits per heavy atom. The molecule has 0 atom stereocenters. The van der Waals surface area contributed by atoms with E-state index >= 15 is 0 Å². The van der Waals surface area contributed by atoms with E-state index in [9.17, 15) is 9.90 Å². The second-order valence-electron chi connectivity index (χ2n) is 10.8. The van der Waals surface area contributed by atoms with Gasteiger partial charge in [0.1, 0.15) is 11.4 Å². The summed E-state index contributed by atoms with van der Waals surface area (Å²) in [5, 5.41) is 19.6. The van der Waals surface area contributed by atoms with Crippen molar-refractivity contribution in [1.82, 2.24) is 19.7 Å². The van der Waals surface area contributed by atoms with Crippen molar-refractivity contribution < 1.29 is 19.4 Å². The Hall–Kier alpha value is -5.44. The first-order chi connectivity index (χ1) is 20.2. The van der Waals surface area contributed by atoms with Gasteiger partial charge in [0.2, 0.25) is 0 Å². The molecular formula is C33H29N5O4. The number of phenols is 1. The third-order valence-electron chi connectivity index (χ3n) is 6.65. The van der Waals surface area contributed by atoms with Gasteiger partial charge in [-0.15, -0.1) is 0 Å². The van der Waals surface area contributed by atoms with Crippen LogP contribution in [0, 0.1) is 0 Å². The molecule has 0 spiro atoms. The Labute approximate surface area is 242 Å². The van der Waals surface area contributed by atoms with Crippen LogP contribution in [-0.4, -0.2) is 43.7 Å². The number of phenolic OH excluding ortho intramolecular Hbond substituents is 1. The number of carbonyl (C=O) groups is 1. The van der Waals surface area contributed by atoms with Gasteiger partial charge in [0.25, 0.3) is 0 Å². The molecule has 6 rings (SSSR count). The number of carbonyl (C=O) groups excluding carboxylic acids is 1. The van der Waals surface area contributed by atoms with Gasteiger partial charge >= 0.3 is 6.09 Å². The molecule has 0 fully saturated rings. The van der Waals surface area contributed by atoms with Crippen LogP contribution in [0.1, 0.15) is 20.8 Å². The topological polar surface area (TPSA) is 111 Å². The summed E-state index contributed by atoms with van der Waals surface area (Å²) in [6.45, 7) is 5.43. The summed E-state index contributed by atoms with van der Waals surface area (Å²) in [6, 6.07) is 26.8. The number of ether oxygens (including phenoxy) is 2. The Kier molecular flexibility index (Phi) is 6.70. The van der Waals surface area contributed by atoms with E-state index in [1.54, 1.807) is 24.4 Å². The molecule has 4 aromatic carbocycles. The average molecular weight is 560 g/mol. The van der Waals surface area contributed by atoms with E-state index in [1.165, 1.54) is 11.8 Å². The Morgan fingerprint density at radius 2 is 1.64 bits per heavy atom. The van der Waals surface area contributed by atoms with Crippen LogP contribution >= 0.6 is 0 Å². The van der Waals surface area contributed by atoms with E-state index in [0.29, 0.717) is 39.5 Å². The summed E-state index contributed by atoms with van der Waals surface area (Å²) in [7, 11) is 1.50. The first-order valence-corrected chi connectivity index (χ1v) is 13.4. The van der Waals surface area contributed by atoms with Crippen LogP contribution < -0.4 is 10.1 Å². The third-order valence-corrected chi connectivity index (χ3v) is 6.65. The van der Waals surface area contributed by atoms with Crippen LogP contribution in [0.2, 0.25) is 0 Å². The molecule has 0 saturated carbocycles. The van der Waals surface area contributed by atoms with E-state index in [0.717, 1.165) is 22.1 Å². The van der Waals surface area contributed by atoms with Gasteiger partial charge in [0.15, 0.2) is 17.3 Å². The summed E-state index contributed by atoms with van der Waals surface area (Å²) in [6.07, 6.45) is 1.06. The molecule has 2 heterocycles. The van der Waals surface area contributed by atoms with E-state index in [1.807, 2.05) is 87.5 Å². The Bertz CT molecular complexity index is 1940. The number of anilines is 2. The largest absolute Gasteiger partial charge is 0.504 e. The standard InChI is InChI=1S/C33H29N5O4/c1-33(2,3)42-32(40)38-27-15-14-22(16-21(27)19-34-38)35-31-25-17-28(39)29(41-4)18-26(25)36-30(37-31)24-13-9-8-12-23(24)20-10-6-5-7-11-20/h5-19,39H,1-4H3,(H,35,36,37). The van der Waals surface area contributed by atoms with Crippen LogP contribution in [0.15, 0.2) is 91.1 Å². The number of benzene rings is 4. The highest BCUT2D eigenvalue weighted by atomic mass is 16.6. The summed E-state index contributed by atoms with van der Waals surface area (Å²) < 4.78 is 12.1. The maximum atomic E-state index is 12.7. The molecule has 42 heavy (non-hydrogen) atoms. The number of hydrogen-bond donors (Lipinski definition) is 2. The van der Waals surface area contributed by atoms with Gasteiger partial charge in [-0.05, 0) is 56.2 Å². The van der Waals surface area contributed by atoms with Gasteiger partial charge in [0.05, 0.1) is 24.3 Å². The van der Waals surface area contributed by atoms with Crippen LogP contribution in [0.25, 0.3) is 44.3 Å². The molecule has 0 bridgehead atoms. The quantitative estimate of drug-likeness (QED) is 0.223. The molecule has 2 N–H and O–H groups in total. The highest BCUT2D eigenvalue weighted by Crippen LogP contribution is 2.37.